The Balaban J connectivity index is 1.87. The van der Waals surface area contributed by atoms with Crippen LogP contribution in [0.2, 0.25) is 0 Å². The third-order valence-electron chi connectivity index (χ3n) is 4.03. The topological polar surface area (TPSA) is 38.3 Å². The number of esters is 1. The van der Waals surface area contributed by atoms with E-state index in [1.165, 1.54) is 17.7 Å². The van der Waals surface area contributed by atoms with Crippen molar-refractivity contribution in [2.45, 2.75) is 52.0 Å². The molecule has 1 aliphatic rings. The van der Waals surface area contributed by atoms with E-state index in [1.54, 1.807) is 11.3 Å². The first kappa shape index (κ1) is 15.5. The average Bonchev–Trinajstić information content (AvgIpc) is 2.95. The van der Waals surface area contributed by atoms with Crippen LogP contribution >= 0.6 is 11.3 Å². The number of rotatable bonds is 7. The maximum Gasteiger partial charge on any atom is 0.327 e. The van der Waals surface area contributed by atoms with E-state index in [0.29, 0.717) is 12.5 Å². The smallest absolute Gasteiger partial charge is 0.327 e. The fourth-order valence-electron chi connectivity index (χ4n) is 2.64. The highest BCUT2D eigenvalue weighted by molar-refractivity contribution is 7.10. The van der Waals surface area contributed by atoms with Crippen LogP contribution in [0.5, 0.6) is 0 Å². The highest BCUT2D eigenvalue weighted by Gasteiger charge is 2.28. The van der Waals surface area contributed by atoms with E-state index >= 15 is 0 Å². The normalized spacial score (nSPS) is 19.4. The van der Waals surface area contributed by atoms with Gasteiger partial charge < -0.3 is 10.1 Å². The second-order valence-electron chi connectivity index (χ2n) is 5.48. The lowest BCUT2D eigenvalue weighted by Gasteiger charge is -2.24. The molecular weight excluding hydrogens is 270 g/mol. The summed E-state index contributed by atoms with van der Waals surface area (Å²) in [6, 6.07) is 1.79. The van der Waals surface area contributed by atoms with Crippen molar-refractivity contribution in [3.05, 3.63) is 21.9 Å². The molecule has 0 spiro atoms. The van der Waals surface area contributed by atoms with Gasteiger partial charge in [0, 0.05) is 11.4 Å². The fourth-order valence-corrected chi connectivity index (χ4v) is 3.56. The molecule has 1 aliphatic heterocycles. The number of unbranched alkanes of at least 4 members (excludes halogenated alkanes) is 1. The van der Waals surface area contributed by atoms with Crippen LogP contribution in [0.15, 0.2) is 11.4 Å². The Kier molecular flexibility index (Phi) is 6.05. The first-order chi connectivity index (χ1) is 9.76. The number of nitrogens with one attached hydrogen (secondary N) is 1. The molecule has 0 aromatic carbocycles. The van der Waals surface area contributed by atoms with E-state index in [0.717, 1.165) is 31.4 Å². The highest BCUT2D eigenvalue weighted by Crippen LogP contribution is 2.28. The summed E-state index contributed by atoms with van der Waals surface area (Å²) < 4.78 is 5.56. The molecule has 1 N–H and O–H groups in total. The summed E-state index contributed by atoms with van der Waals surface area (Å²) in [6.07, 6.45) is 5.67. The first-order valence-corrected chi connectivity index (χ1v) is 8.60. The second kappa shape index (κ2) is 7.79. The van der Waals surface area contributed by atoms with E-state index in [4.69, 9.17) is 4.74 Å². The molecule has 0 saturated carbocycles. The van der Waals surface area contributed by atoms with Crippen LogP contribution in [0.4, 0.5) is 0 Å². The molecule has 2 heterocycles. The molecule has 2 atom stereocenters. The lowest BCUT2D eigenvalue weighted by Crippen LogP contribution is -2.36. The summed E-state index contributed by atoms with van der Waals surface area (Å²) in [5.41, 5.74) is 1.12. The predicted octanol–water partition coefficient (Wildman–Crippen LogP) is 3.69. The number of thiophene rings is 1. The zero-order valence-corrected chi connectivity index (χ0v) is 13.3. The van der Waals surface area contributed by atoms with E-state index in [-0.39, 0.29) is 12.0 Å². The molecule has 0 aliphatic carbocycles. The minimum absolute atomic E-state index is 0.112. The molecule has 0 fully saturated rings. The Morgan fingerprint density at radius 2 is 2.40 bits per heavy atom. The van der Waals surface area contributed by atoms with Gasteiger partial charge in [0.25, 0.3) is 0 Å². The molecular formula is C16H25NO2S. The predicted molar refractivity (Wildman–Crippen MR) is 83.0 cm³/mol. The van der Waals surface area contributed by atoms with Gasteiger partial charge in [-0.05, 0) is 35.8 Å². The van der Waals surface area contributed by atoms with Gasteiger partial charge in [-0.3, -0.25) is 0 Å². The number of hydrogen-bond donors (Lipinski definition) is 1. The molecule has 4 heteroatoms. The van der Waals surface area contributed by atoms with Crippen LogP contribution in [0.25, 0.3) is 0 Å². The molecule has 112 valence electrons. The second-order valence-corrected chi connectivity index (χ2v) is 6.48. The molecule has 20 heavy (non-hydrogen) atoms. The molecule has 0 amide bonds. The van der Waals surface area contributed by atoms with Crippen LogP contribution in [-0.2, 0) is 16.0 Å². The standard InChI is InChI=1S/C16H25NO2S/c1-3-5-6-12(4-2)11-19-16(18)15-13-8-10-20-14(13)7-9-17-15/h8,10,12,15,17H,3-7,9,11H2,1-2H3. The summed E-state index contributed by atoms with van der Waals surface area (Å²) in [6.45, 7) is 5.79. The van der Waals surface area contributed by atoms with Gasteiger partial charge in [0.05, 0.1) is 6.61 Å². The Morgan fingerprint density at radius 3 is 3.15 bits per heavy atom. The zero-order chi connectivity index (χ0) is 14.4. The summed E-state index contributed by atoms with van der Waals surface area (Å²) in [4.78, 5) is 13.6. The van der Waals surface area contributed by atoms with E-state index in [9.17, 15) is 4.79 Å². The molecule has 0 saturated heterocycles. The van der Waals surface area contributed by atoms with Crippen molar-refractivity contribution in [3.63, 3.8) is 0 Å². The summed E-state index contributed by atoms with van der Waals surface area (Å²) >= 11 is 1.74. The molecule has 2 unspecified atom stereocenters. The number of hydrogen-bond acceptors (Lipinski definition) is 4. The third-order valence-corrected chi connectivity index (χ3v) is 5.03. The summed E-state index contributed by atoms with van der Waals surface area (Å²) in [5, 5.41) is 5.34. The lowest BCUT2D eigenvalue weighted by atomic mass is 10.00. The Labute approximate surface area is 125 Å². The van der Waals surface area contributed by atoms with Crippen LogP contribution in [-0.4, -0.2) is 19.1 Å². The minimum atomic E-state index is -0.256. The van der Waals surface area contributed by atoms with Gasteiger partial charge in [-0.25, -0.2) is 4.79 Å². The van der Waals surface area contributed by atoms with Crippen LogP contribution < -0.4 is 5.32 Å². The van der Waals surface area contributed by atoms with Crippen molar-refractivity contribution in [3.8, 4) is 0 Å². The van der Waals surface area contributed by atoms with Crippen molar-refractivity contribution < 1.29 is 9.53 Å². The van der Waals surface area contributed by atoms with Gasteiger partial charge in [-0.1, -0.05) is 33.1 Å². The van der Waals surface area contributed by atoms with E-state index < -0.39 is 0 Å². The van der Waals surface area contributed by atoms with Gasteiger partial charge in [0.1, 0.15) is 6.04 Å². The quantitative estimate of drug-likeness (QED) is 0.780. The van der Waals surface area contributed by atoms with Crippen molar-refractivity contribution in [2.75, 3.05) is 13.2 Å². The Morgan fingerprint density at radius 1 is 1.55 bits per heavy atom. The number of carbonyl (C=O) groups is 1. The lowest BCUT2D eigenvalue weighted by molar-refractivity contribution is -0.148. The monoisotopic (exact) mass is 295 g/mol. The van der Waals surface area contributed by atoms with E-state index in [2.05, 4.69) is 24.5 Å². The van der Waals surface area contributed by atoms with Gasteiger partial charge >= 0.3 is 5.97 Å². The van der Waals surface area contributed by atoms with Crippen molar-refractivity contribution in [1.82, 2.24) is 5.32 Å². The number of carbonyl (C=O) groups excluding carboxylic acids is 1. The van der Waals surface area contributed by atoms with Crippen molar-refractivity contribution in [1.29, 1.82) is 0 Å². The van der Waals surface area contributed by atoms with Crippen LogP contribution in [0, 0.1) is 5.92 Å². The largest absolute Gasteiger partial charge is 0.464 e. The van der Waals surface area contributed by atoms with Gasteiger partial charge in [0.2, 0.25) is 0 Å². The summed E-state index contributed by atoms with van der Waals surface area (Å²) in [7, 11) is 0. The first-order valence-electron chi connectivity index (χ1n) is 7.72. The minimum Gasteiger partial charge on any atom is -0.464 e. The molecule has 0 bridgehead atoms. The van der Waals surface area contributed by atoms with Crippen molar-refractivity contribution in [2.24, 2.45) is 5.92 Å². The van der Waals surface area contributed by atoms with Crippen molar-refractivity contribution >= 4 is 17.3 Å². The zero-order valence-electron chi connectivity index (χ0n) is 12.5. The van der Waals surface area contributed by atoms with Crippen LogP contribution in [0.3, 0.4) is 0 Å². The average molecular weight is 295 g/mol. The van der Waals surface area contributed by atoms with Crippen LogP contribution in [0.1, 0.15) is 56.0 Å². The van der Waals surface area contributed by atoms with Gasteiger partial charge in [-0.2, -0.15) is 0 Å². The fraction of sp³-hybridized carbons (Fsp3) is 0.688. The number of fused-ring (bicyclic) bond motifs is 1. The summed E-state index contributed by atoms with van der Waals surface area (Å²) in [5.74, 6) is 0.392. The number of ether oxygens (including phenoxy) is 1. The SMILES string of the molecule is CCCCC(CC)COC(=O)C1NCCc2sccc21. The Bertz CT molecular complexity index is 430. The maximum absolute atomic E-state index is 12.3. The van der Waals surface area contributed by atoms with Gasteiger partial charge in [-0.15, -0.1) is 11.3 Å². The molecule has 3 nitrogen and oxygen atoms in total. The Hall–Kier alpha value is -0.870. The maximum atomic E-state index is 12.3. The molecule has 2 rings (SSSR count). The van der Waals surface area contributed by atoms with Gasteiger partial charge in [0.15, 0.2) is 0 Å². The molecule has 1 aromatic rings. The molecule has 0 radical (unpaired) electrons. The highest BCUT2D eigenvalue weighted by atomic mass is 32.1. The van der Waals surface area contributed by atoms with E-state index in [1.807, 2.05) is 6.07 Å². The molecule has 1 aromatic heterocycles. The third kappa shape index (κ3) is 3.83.